The molecule has 6 nitrogen and oxygen atoms in total. The Morgan fingerprint density at radius 2 is 1.20 bits per heavy atom. The highest BCUT2D eigenvalue weighted by molar-refractivity contribution is 14.1. The van der Waals surface area contributed by atoms with Crippen LogP contribution in [0.3, 0.4) is 0 Å². The van der Waals surface area contributed by atoms with Crippen LogP contribution in [0.25, 0.3) is 0 Å². The molecule has 2 unspecified atom stereocenters. The third-order valence-corrected chi connectivity index (χ3v) is 7.94. The van der Waals surface area contributed by atoms with E-state index in [0.29, 0.717) is 31.8 Å². The van der Waals surface area contributed by atoms with Gasteiger partial charge in [-0.15, -0.1) is 0 Å². The molecule has 2 atom stereocenters. The monoisotopic (exact) mass is 722 g/mol. The maximum Gasteiger partial charge on any atom is 0.323 e. The van der Waals surface area contributed by atoms with E-state index in [9.17, 15) is 14.7 Å². The summed E-state index contributed by atoms with van der Waals surface area (Å²) in [4.78, 5) is 24.2. The van der Waals surface area contributed by atoms with Gasteiger partial charge in [-0.2, -0.15) is 0 Å². The Morgan fingerprint density at radius 3 is 1.64 bits per heavy atom. The Labute approximate surface area is 280 Å². The Hall–Kier alpha value is -3.85. The number of aryl methyl sites for hydroxylation is 2. The number of carbonyl (C=O) groups excluding carboxylic acids is 1. The van der Waals surface area contributed by atoms with Gasteiger partial charge in [0.1, 0.15) is 24.7 Å². The zero-order valence-corrected chi connectivity index (χ0v) is 28.4. The van der Waals surface area contributed by atoms with Gasteiger partial charge in [-0.05, 0) is 86.1 Å². The van der Waals surface area contributed by atoms with Crippen LogP contribution < -0.4 is 9.47 Å². The molecule has 0 aliphatic carbocycles. The number of carboxylic acids is 1. The van der Waals surface area contributed by atoms with Crippen molar-refractivity contribution in [3.8, 4) is 11.5 Å². The van der Waals surface area contributed by atoms with Gasteiger partial charge in [0.05, 0.1) is 6.10 Å². The molecule has 0 spiro atoms. The number of carbonyl (C=O) groups is 2. The fourth-order valence-electron chi connectivity index (χ4n) is 4.26. The minimum Gasteiger partial charge on any atom is -0.489 e. The summed E-state index contributed by atoms with van der Waals surface area (Å²) in [6, 6.07) is 35.9. The van der Waals surface area contributed by atoms with Crippen LogP contribution in [0.1, 0.15) is 55.9 Å². The zero-order chi connectivity index (χ0) is 32.5. The second kappa shape index (κ2) is 18.8. The van der Waals surface area contributed by atoms with Crippen LogP contribution in [0.5, 0.6) is 11.5 Å². The molecule has 45 heavy (non-hydrogen) atoms. The summed E-state index contributed by atoms with van der Waals surface area (Å²) in [7, 11) is 0. The number of esters is 1. The van der Waals surface area contributed by atoms with Crippen molar-refractivity contribution in [3.05, 3.63) is 131 Å². The van der Waals surface area contributed by atoms with Gasteiger partial charge in [0.2, 0.25) is 0 Å². The van der Waals surface area contributed by atoms with Crippen molar-refractivity contribution in [1.29, 1.82) is 0 Å². The highest BCUT2D eigenvalue weighted by Crippen LogP contribution is 2.28. The van der Waals surface area contributed by atoms with Crippen LogP contribution >= 0.6 is 22.6 Å². The van der Waals surface area contributed by atoms with Crippen LogP contribution in [0.4, 0.5) is 0 Å². The predicted octanol–water partition coefficient (Wildman–Crippen LogP) is 8.87. The maximum atomic E-state index is 12.4. The fraction of sp³-hybridized carbons (Fsp3) is 0.316. The predicted molar refractivity (Wildman–Crippen MR) is 187 cm³/mol. The second-order valence-corrected chi connectivity index (χ2v) is 12.1. The second-order valence-electron chi connectivity index (χ2n) is 11.0. The van der Waals surface area contributed by atoms with Gasteiger partial charge >= 0.3 is 11.9 Å². The van der Waals surface area contributed by atoms with Crippen LogP contribution in [-0.4, -0.2) is 27.6 Å². The average molecular weight is 723 g/mol. The number of carboxylic acid groups (broad SMARTS) is 1. The van der Waals surface area contributed by atoms with Gasteiger partial charge in [-0.3, -0.25) is 9.59 Å². The number of halogens is 1. The normalized spacial score (nSPS) is 12.5. The molecule has 7 heteroatoms. The highest BCUT2D eigenvalue weighted by atomic mass is 127. The lowest BCUT2D eigenvalue weighted by Gasteiger charge is -2.24. The van der Waals surface area contributed by atoms with Crippen LogP contribution in [0.15, 0.2) is 109 Å². The maximum absolute atomic E-state index is 12.4. The van der Waals surface area contributed by atoms with E-state index in [0.717, 1.165) is 27.7 Å². The first-order valence-electron chi connectivity index (χ1n) is 15.2. The van der Waals surface area contributed by atoms with Gasteiger partial charge in [0, 0.05) is 4.43 Å². The van der Waals surface area contributed by atoms with Crippen LogP contribution in [0, 0.1) is 5.41 Å². The third kappa shape index (κ3) is 12.2. The molecule has 0 heterocycles. The summed E-state index contributed by atoms with van der Waals surface area (Å²) in [6.07, 6.45) is 2.02. The van der Waals surface area contributed by atoms with E-state index in [4.69, 9.17) is 14.2 Å². The minimum absolute atomic E-state index is 0.153. The molecule has 0 bridgehead atoms. The largest absolute Gasteiger partial charge is 0.489 e. The zero-order valence-electron chi connectivity index (χ0n) is 26.3. The number of hydrogen-bond acceptors (Lipinski definition) is 5. The molecule has 238 valence electrons. The third-order valence-electron chi connectivity index (χ3n) is 7.40. The van der Waals surface area contributed by atoms with E-state index >= 15 is 0 Å². The number of ether oxygens (including phenoxy) is 3. The van der Waals surface area contributed by atoms with Crippen molar-refractivity contribution in [2.45, 2.75) is 65.8 Å². The standard InChI is InChI=1S/C23H28O5.C15H15IO/c1-4-17(2)28-22(26)23(3,21(24)25)14-13-18-11-8-12-20(15-18)27-16-19-9-6-5-7-10-19;16-10-9-13-7-4-8-15(11-13)17-12-14-5-2-1-3-6-14/h5-12,15,17H,4,13-14,16H2,1-3H3,(H,24,25);1-8,11H,9-10,12H2. The summed E-state index contributed by atoms with van der Waals surface area (Å²) >= 11 is 2.39. The summed E-state index contributed by atoms with van der Waals surface area (Å²) in [5, 5.41) is 9.61. The lowest BCUT2D eigenvalue weighted by atomic mass is 9.84. The summed E-state index contributed by atoms with van der Waals surface area (Å²) < 4.78 is 18.0. The first-order chi connectivity index (χ1) is 21.7. The van der Waals surface area contributed by atoms with E-state index in [2.05, 4.69) is 52.9 Å². The van der Waals surface area contributed by atoms with Crippen molar-refractivity contribution >= 4 is 34.5 Å². The SMILES string of the molecule is CCC(C)OC(=O)C(C)(CCc1cccc(OCc2ccccc2)c1)C(=O)O.ICCc1cccc(OCc2ccccc2)c1. The quantitative estimate of drug-likeness (QED) is 0.0572. The summed E-state index contributed by atoms with van der Waals surface area (Å²) in [5.41, 5.74) is 2.94. The number of benzene rings is 4. The van der Waals surface area contributed by atoms with Gasteiger partial charge in [-0.25, -0.2) is 0 Å². The molecule has 0 aromatic heterocycles. The number of hydrogen-bond donors (Lipinski definition) is 1. The molecule has 0 saturated carbocycles. The topological polar surface area (TPSA) is 82.1 Å². The van der Waals surface area contributed by atoms with E-state index < -0.39 is 17.4 Å². The lowest BCUT2D eigenvalue weighted by molar-refractivity contribution is -0.171. The molecule has 0 aliphatic heterocycles. The van der Waals surface area contributed by atoms with Gasteiger partial charge in [-0.1, -0.05) is 114 Å². The molecule has 1 N–H and O–H groups in total. The van der Waals surface area contributed by atoms with Crippen molar-refractivity contribution in [2.24, 2.45) is 5.41 Å². The van der Waals surface area contributed by atoms with Gasteiger partial charge in [0.15, 0.2) is 5.41 Å². The van der Waals surface area contributed by atoms with Gasteiger partial charge in [0.25, 0.3) is 0 Å². The van der Waals surface area contributed by atoms with E-state index in [1.54, 1.807) is 6.92 Å². The Balaban J connectivity index is 0.000000276. The molecule has 0 saturated heterocycles. The molecular weight excluding hydrogens is 679 g/mol. The average Bonchev–Trinajstić information content (AvgIpc) is 3.07. The molecule has 0 fully saturated rings. The van der Waals surface area contributed by atoms with E-state index in [-0.39, 0.29) is 12.5 Å². The first-order valence-corrected chi connectivity index (χ1v) is 16.8. The van der Waals surface area contributed by atoms with E-state index in [1.807, 2.05) is 85.8 Å². The van der Waals surface area contributed by atoms with Gasteiger partial charge < -0.3 is 19.3 Å². The summed E-state index contributed by atoms with van der Waals surface area (Å²) in [5.74, 6) is -0.195. The fourth-order valence-corrected chi connectivity index (χ4v) is 4.88. The summed E-state index contributed by atoms with van der Waals surface area (Å²) in [6.45, 7) is 6.16. The van der Waals surface area contributed by atoms with Crippen molar-refractivity contribution in [2.75, 3.05) is 4.43 Å². The molecule has 0 radical (unpaired) electrons. The lowest BCUT2D eigenvalue weighted by Crippen LogP contribution is -2.39. The minimum atomic E-state index is -1.58. The first kappa shape index (κ1) is 35.6. The number of aliphatic carboxylic acids is 1. The van der Waals surface area contributed by atoms with Crippen molar-refractivity contribution in [1.82, 2.24) is 0 Å². The van der Waals surface area contributed by atoms with Crippen molar-refractivity contribution in [3.63, 3.8) is 0 Å². The van der Waals surface area contributed by atoms with Crippen LogP contribution in [-0.2, 0) is 40.4 Å². The van der Waals surface area contributed by atoms with Crippen molar-refractivity contribution < 1.29 is 28.9 Å². The smallest absolute Gasteiger partial charge is 0.323 e. The number of rotatable bonds is 15. The Kier molecular flexibility index (Phi) is 14.9. The Morgan fingerprint density at radius 1 is 0.733 bits per heavy atom. The molecular formula is C38H43IO6. The van der Waals surface area contributed by atoms with E-state index in [1.165, 1.54) is 18.1 Å². The molecule has 0 amide bonds. The molecule has 4 rings (SSSR count). The van der Waals surface area contributed by atoms with Crippen LogP contribution in [0.2, 0.25) is 0 Å². The molecule has 4 aromatic rings. The number of alkyl halides is 1. The molecule has 4 aromatic carbocycles. The highest BCUT2D eigenvalue weighted by Gasteiger charge is 2.43. The molecule has 0 aliphatic rings. The Bertz CT molecular complexity index is 1460.